The van der Waals surface area contributed by atoms with E-state index in [1.165, 1.54) is 32.1 Å². The van der Waals surface area contributed by atoms with Crippen LogP contribution in [0.1, 0.15) is 46.0 Å². The van der Waals surface area contributed by atoms with Crippen molar-refractivity contribution in [3.05, 3.63) is 0 Å². The molecule has 19 heavy (non-hydrogen) atoms. The number of rotatable bonds is 3. The van der Waals surface area contributed by atoms with Gasteiger partial charge in [0.2, 0.25) is 5.91 Å². The Balaban J connectivity index is 1.83. The predicted octanol–water partition coefficient (Wildman–Crippen LogP) is 2.82. The van der Waals surface area contributed by atoms with Crippen molar-refractivity contribution in [2.45, 2.75) is 52.0 Å². The van der Waals surface area contributed by atoms with Crippen LogP contribution in [0.4, 0.5) is 0 Å². The van der Waals surface area contributed by atoms with Crippen LogP contribution in [-0.2, 0) is 4.79 Å². The van der Waals surface area contributed by atoms with E-state index in [2.05, 4.69) is 6.07 Å². The van der Waals surface area contributed by atoms with Crippen LogP contribution < -0.4 is 0 Å². The molecule has 4 bridgehead atoms. The molecule has 0 aromatic carbocycles. The van der Waals surface area contributed by atoms with E-state index in [0.29, 0.717) is 17.9 Å². The average molecular weight is 260 g/mol. The van der Waals surface area contributed by atoms with Crippen molar-refractivity contribution in [1.82, 2.24) is 4.90 Å². The highest BCUT2D eigenvalue weighted by molar-refractivity contribution is 5.78. The Morgan fingerprint density at radius 3 is 2.11 bits per heavy atom. The summed E-state index contributed by atoms with van der Waals surface area (Å²) in [6, 6.07) is 2.58. The second kappa shape index (κ2) is 4.81. The van der Waals surface area contributed by atoms with Crippen molar-refractivity contribution in [2.75, 3.05) is 6.54 Å². The summed E-state index contributed by atoms with van der Waals surface area (Å²) >= 11 is 0. The highest BCUT2D eigenvalue weighted by atomic mass is 16.2. The number of carbonyl (C=O) groups is 1. The van der Waals surface area contributed by atoms with Gasteiger partial charge in [-0.3, -0.25) is 4.79 Å². The van der Waals surface area contributed by atoms with Gasteiger partial charge in [0.1, 0.15) is 6.54 Å². The van der Waals surface area contributed by atoms with E-state index in [-0.39, 0.29) is 18.4 Å². The van der Waals surface area contributed by atoms with Crippen molar-refractivity contribution in [1.29, 1.82) is 5.26 Å². The maximum atomic E-state index is 12.4. The number of carbonyl (C=O) groups excluding carboxylic acids is 1. The van der Waals surface area contributed by atoms with Crippen molar-refractivity contribution in [2.24, 2.45) is 29.6 Å². The van der Waals surface area contributed by atoms with E-state index in [1.807, 2.05) is 18.7 Å². The number of hydrogen-bond acceptors (Lipinski definition) is 2. The summed E-state index contributed by atoms with van der Waals surface area (Å²) in [5.74, 6) is 3.36. The summed E-state index contributed by atoms with van der Waals surface area (Å²) in [6.07, 6.45) is 6.61. The summed E-state index contributed by atoms with van der Waals surface area (Å²) < 4.78 is 0. The van der Waals surface area contributed by atoms with Gasteiger partial charge in [0.25, 0.3) is 0 Å². The highest BCUT2D eigenvalue weighted by Crippen LogP contribution is 2.55. The van der Waals surface area contributed by atoms with Crippen molar-refractivity contribution >= 4 is 5.91 Å². The first-order valence-corrected chi connectivity index (χ1v) is 7.77. The molecule has 0 heterocycles. The molecule has 0 atom stereocenters. The molecule has 104 valence electrons. The molecule has 3 nitrogen and oxygen atoms in total. The molecule has 0 radical (unpaired) electrons. The third kappa shape index (κ3) is 2.16. The number of amides is 1. The van der Waals surface area contributed by atoms with Gasteiger partial charge in [0.15, 0.2) is 0 Å². The minimum absolute atomic E-state index is 0.00513. The van der Waals surface area contributed by atoms with Crippen LogP contribution >= 0.6 is 0 Å². The van der Waals surface area contributed by atoms with Gasteiger partial charge >= 0.3 is 0 Å². The van der Waals surface area contributed by atoms with Crippen LogP contribution in [0.25, 0.3) is 0 Å². The molecular formula is C16H24N2O. The van der Waals surface area contributed by atoms with Crippen LogP contribution in [0.3, 0.4) is 0 Å². The normalized spacial score (nSPS) is 39.4. The predicted molar refractivity (Wildman–Crippen MR) is 73.0 cm³/mol. The highest BCUT2D eigenvalue weighted by Gasteiger charge is 2.51. The minimum atomic E-state index is 0.00513. The van der Waals surface area contributed by atoms with Crippen LogP contribution in [0.15, 0.2) is 0 Å². The molecule has 0 spiro atoms. The van der Waals surface area contributed by atoms with Crippen molar-refractivity contribution < 1.29 is 4.79 Å². The topological polar surface area (TPSA) is 44.1 Å². The van der Waals surface area contributed by atoms with Gasteiger partial charge in [0, 0.05) is 12.0 Å². The van der Waals surface area contributed by atoms with E-state index in [4.69, 9.17) is 5.26 Å². The van der Waals surface area contributed by atoms with Crippen LogP contribution in [0.2, 0.25) is 0 Å². The first-order valence-electron chi connectivity index (χ1n) is 7.77. The Bertz CT molecular complexity index is 381. The average Bonchev–Trinajstić information content (AvgIpc) is 2.35. The standard InChI is InChI=1S/C16H24N2O/c1-10(2)16(19)18(4-3-17)15-13-6-11-5-12(8-13)9-14(15)7-11/h10-15H,4-9H2,1-2H3. The fraction of sp³-hybridized carbons (Fsp3) is 0.875. The summed E-state index contributed by atoms with van der Waals surface area (Å²) in [5.41, 5.74) is 0. The molecule has 0 saturated heterocycles. The van der Waals surface area contributed by atoms with Crippen LogP contribution in [0.5, 0.6) is 0 Å². The minimum Gasteiger partial charge on any atom is -0.326 e. The van der Waals surface area contributed by atoms with Gasteiger partial charge in [-0.1, -0.05) is 13.8 Å². The van der Waals surface area contributed by atoms with Gasteiger partial charge < -0.3 is 4.90 Å². The van der Waals surface area contributed by atoms with Crippen molar-refractivity contribution in [3.8, 4) is 6.07 Å². The SMILES string of the molecule is CC(C)C(=O)N(CC#N)C1C2CC3CC(C2)CC1C3. The Morgan fingerprint density at radius 2 is 1.68 bits per heavy atom. The molecule has 1 amide bonds. The van der Waals surface area contributed by atoms with Gasteiger partial charge in [0.05, 0.1) is 6.07 Å². The van der Waals surface area contributed by atoms with E-state index in [9.17, 15) is 4.79 Å². The van der Waals surface area contributed by atoms with Crippen molar-refractivity contribution in [3.63, 3.8) is 0 Å². The fourth-order valence-corrected chi connectivity index (χ4v) is 5.14. The Kier molecular flexibility index (Phi) is 3.28. The molecule has 0 N–H and O–H groups in total. The lowest BCUT2D eigenvalue weighted by Crippen LogP contribution is -2.58. The first-order chi connectivity index (χ1) is 9.10. The molecule has 0 aromatic rings. The molecule has 0 aliphatic heterocycles. The lowest BCUT2D eigenvalue weighted by molar-refractivity contribution is -0.145. The number of nitrogens with zero attached hydrogens (tertiary/aromatic N) is 2. The van der Waals surface area contributed by atoms with Gasteiger partial charge in [-0.05, 0) is 55.8 Å². The molecule has 0 unspecified atom stereocenters. The smallest absolute Gasteiger partial charge is 0.226 e. The van der Waals surface area contributed by atoms with E-state index in [1.54, 1.807) is 0 Å². The maximum Gasteiger partial charge on any atom is 0.226 e. The second-order valence-corrected chi connectivity index (χ2v) is 7.20. The summed E-state index contributed by atoms with van der Waals surface area (Å²) in [7, 11) is 0. The number of hydrogen-bond donors (Lipinski definition) is 0. The van der Waals surface area contributed by atoms with E-state index in [0.717, 1.165) is 11.8 Å². The molecule has 4 aliphatic carbocycles. The summed E-state index contributed by atoms with van der Waals surface area (Å²) in [6.45, 7) is 4.18. The third-order valence-corrected chi connectivity index (χ3v) is 5.55. The molecule has 0 aromatic heterocycles. The quantitative estimate of drug-likeness (QED) is 0.732. The van der Waals surface area contributed by atoms with E-state index < -0.39 is 0 Å². The molecule has 4 aliphatic rings. The van der Waals surface area contributed by atoms with Crippen LogP contribution in [-0.4, -0.2) is 23.4 Å². The van der Waals surface area contributed by atoms with Gasteiger partial charge in [-0.15, -0.1) is 0 Å². The molecule has 3 heteroatoms. The van der Waals surface area contributed by atoms with Crippen LogP contribution in [0, 0.1) is 40.9 Å². The molecule has 4 rings (SSSR count). The number of nitriles is 1. The first kappa shape index (κ1) is 13.0. The third-order valence-electron chi connectivity index (χ3n) is 5.55. The fourth-order valence-electron chi connectivity index (χ4n) is 5.14. The Hall–Kier alpha value is -1.04. The Morgan fingerprint density at radius 1 is 1.16 bits per heavy atom. The largest absolute Gasteiger partial charge is 0.326 e. The molecular weight excluding hydrogens is 236 g/mol. The lowest BCUT2D eigenvalue weighted by Gasteiger charge is -2.57. The summed E-state index contributed by atoms with van der Waals surface area (Å²) in [4.78, 5) is 14.4. The zero-order chi connectivity index (χ0) is 13.6. The van der Waals surface area contributed by atoms with Gasteiger partial charge in [-0.25, -0.2) is 0 Å². The van der Waals surface area contributed by atoms with Gasteiger partial charge in [-0.2, -0.15) is 5.26 Å². The molecule has 4 saturated carbocycles. The maximum absolute atomic E-state index is 12.4. The second-order valence-electron chi connectivity index (χ2n) is 7.20. The zero-order valence-corrected chi connectivity index (χ0v) is 12.0. The monoisotopic (exact) mass is 260 g/mol. The zero-order valence-electron chi connectivity index (χ0n) is 12.0. The Labute approximate surface area is 116 Å². The van der Waals surface area contributed by atoms with E-state index >= 15 is 0 Å². The molecule has 4 fully saturated rings. The summed E-state index contributed by atoms with van der Waals surface area (Å²) in [5, 5.41) is 9.08. The lowest BCUT2D eigenvalue weighted by atomic mass is 9.54.